The summed E-state index contributed by atoms with van der Waals surface area (Å²) in [5.74, 6) is 0.577. The molecule has 0 aromatic carbocycles. The third kappa shape index (κ3) is 10.7. The molecule has 0 radical (unpaired) electrons. The van der Waals surface area contributed by atoms with Crippen molar-refractivity contribution in [2.24, 2.45) is 4.99 Å². The van der Waals surface area contributed by atoms with Crippen molar-refractivity contribution in [2.75, 3.05) is 32.4 Å². The van der Waals surface area contributed by atoms with Crippen molar-refractivity contribution in [1.29, 1.82) is 0 Å². The largest absolute Gasteiger partial charge is 0.386 e. The molecule has 1 atom stereocenters. The first-order chi connectivity index (χ1) is 10.8. The van der Waals surface area contributed by atoms with Crippen LogP contribution in [0.3, 0.4) is 0 Å². The number of aliphatic hydroxyl groups excluding tert-OH is 1. The second-order valence-electron chi connectivity index (χ2n) is 4.82. The molecule has 1 aromatic rings. The van der Waals surface area contributed by atoms with Gasteiger partial charge in [-0.1, -0.05) is 11.6 Å². The van der Waals surface area contributed by atoms with Crippen LogP contribution >= 0.6 is 46.9 Å². The van der Waals surface area contributed by atoms with Crippen LogP contribution in [0.1, 0.15) is 24.3 Å². The fraction of sp³-hybridized carbons (Fsp3) is 0.615. The number of rotatable bonds is 9. The van der Waals surface area contributed by atoms with E-state index in [0.717, 1.165) is 11.1 Å². The van der Waals surface area contributed by atoms with Crippen molar-refractivity contribution in [1.82, 2.24) is 15.4 Å². The van der Waals surface area contributed by atoms with Crippen molar-refractivity contribution in [3.63, 3.8) is 0 Å². The summed E-state index contributed by atoms with van der Waals surface area (Å²) in [4.78, 5) is 5.09. The molecule has 0 aliphatic rings. The zero-order valence-corrected chi connectivity index (χ0v) is 18.3. The Labute approximate surface area is 169 Å². The van der Waals surface area contributed by atoms with Gasteiger partial charge in [-0.3, -0.25) is 4.99 Å². The van der Waals surface area contributed by atoms with Crippen LogP contribution < -0.4 is 15.4 Å². The number of aliphatic imine (C=N–C) groups is 1. The summed E-state index contributed by atoms with van der Waals surface area (Å²) in [5, 5.41) is 16.2. The van der Waals surface area contributed by atoms with Gasteiger partial charge in [0.1, 0.15) is 6.10 Å². The van der Waals surface area contributed by atoms with Crippen LogP contribution in [0, 0.1) is 0 Å². The van der Waals surface area contributed by atoms with Crippen molar-refractivity contribution in [2.45, 2.75) is 19.4 Å². The van der Waals surface area contributed by atoms with Gasteiger partial charge in [0.25, 0.3) is 0 Å². The molecular formula is C13H24ClIN4O3S2. The lowest BCUT2D eigenvalue weighted by Gasteiger charge is -2.12. The minimum atomic E-state index is -3.15. The molecule has 1 unspecified atom stereocenters. The molecule has 4 N–H and O–H groups in total. The number of aliphatic hydroxyl groups is 1. The van der Waals surface area contributed by atoms with Gasteiger partial charge in [0.2, 0.25) is 10.0 Å². The summed E-state index contributed by atoms with van der Waals surface area (Å²) in [5.41, 5.74) is 0. The summed E-state index contributed by atoms with van der Waals surface area (Å²) in [6, 6.07) is 3.52. The molecule has 0 aliphatic carbocycles. The van der Waals surface area contributed by atoms with Gasteiger partial charge in [-0.05, 0) is 25.5 Å². The molecule has 0 fully saturated rings. The number of guanidine groups is 1. The Kier molecular flexibility index (Phi) is 12.2. The van der Waals surface area contributed by atoms with E-state index in [2.05, 4.69) is 20.3 Å². The van der Waals surface area contributed by atoms with Gasteiger partial charge < -0.3 is 15.7 Å². The average molecular weight is 511 g/mol. The molecule has 0 spiro atoms. The standard InChI is InChI=1S/C13H23ClN4O3S2.HI/c1-3-15-13(16-7-4-8-18-23(2,20)21)17-9-10(19)11-5-6-12(14)22-11;/h5-6,10,18-19H,3-4,7-9H2,1-2H3,(H2,15,16,17);1H. The topological polar surface area (TPSA) is 103 Å². The van der Waals surface area contributed by atoms with Crippen LogP contribution in [0.4, 0.5) is 0 Å². The van der Waals surface area contributed by atoms with E-state index in [9.17, 15) is 13.5 Å². The second-order valence-corrected chi connectivity index (χ2v) is 8.40. The molecule has 1 heterocycles. The number of nitrogens with one attached hydrogen (secondary N) is 3. The third-order valence-corrected chi connectivity index (χ3v) is 4.76. The molecule has 0 saturated carbocycles. The maximum atomic E-state index is 10.9. The van der Waals surface area contributed by atoms with Crippen LogP contribution in [0.2, 0.25) is 4.34 Å². The van der Waals surface area contributed by atoms with Gasteiger partial charge in [0.05, 0.1) is 17.1 Å². The lowest BCUT2D eigenvalue weighted by Crippen LogP contribution is -2.39. The lowest BCUT2D eigenvalue weighted by molar-refractivity contribution is 0.191. The van der Waals surface area contributed by atoms with Crippen molar-refractivity contribution >= 4 is 62.9 Å². The molecule has 1 aromatic heterocycles. The van der Waals surface area contributed by atoms with Gasteiger partial charge in [0, 0.05) is 24.5 Å². The summed E-state index contributed by atoms with van der Waals surface area (Å²) in [7, 11) is -3.15. The number of sulfonamides is 1. The average Bonchev–Trinajstić information content (AvgIpc) is 2.89. The van der Waals surface area contributed by atoms with Gasteiger partial charge in [-0.2, -0.15) is 0 Å². The second kappa shape index (κ2) is 12.3. The monoisotopic (exact) mass is 510 g/mol. The molecule has 1 rings (SSSR count). The van der Waals surface area contributed by atoms with E-state index in [1.807, 2.05) is 6.92 Å². The number of nitrogens with zero attached hydrogens (tertiary/aromatic N) is 1. The Balaban J connectivity index is 0.00000529. The zero-order chi connectivity index (χ0) is 17.3. The van der Waals surface area contributed by atoms with Gasteiger partial charge in [0.15, 0.2) is 5.96 Å². The van der Waals surface area contributed by atoms with Crippen LogP contribution in [-0.4, -0.2) is 51.9 Å². The first-order valence-corrected chi connectivity index (χ1v) is 10.3. The summed E-state index contributed by atoms with van der Waals surface area (Å²) < 4.78 is 24.9. The highest BCUT2D eigenvalue weighted by molar-refractivity contribution is 14.0. The predicted molar refractivity (Wildman–Crippen MR) is 111 cm³/mol. The smallest absolute Gasteiger partial charge is 0.208 e. The van der Waals surface area contributed by atoms with Crippen molar-refractivity contribution < 1.29 is 13.5 Å². The van der Waals surface area contributed by atoms with Crippen LogP contribution in [-0.2, 0) is 10.0 Å². The Hall–Kier alpha value is -0.140. The van der Waals surface area contributed by atoms with Gasteiger partial charge in [-0.15, -0.1) is 35.3 Å². The molecule has 0 bridgehead atoms. The Morgan fingerprint density at radius 2 is 2.08 bits per heavy atom. The minimum absolute atomic E-state index is 0. The Morgan fingerprint density at radius 3 is 2.62 bits per heavy atom. The van der Waals surface area contributed by atoms with E-state index < -0.39 is 16.1 Å². The molecule has 0 saturated heterocycles. The molecule has 11 heteroatoms. The number of hydrogen-bond donors (Lipinski definition) is 4. The predicted octanol–water partition coefficient (Wildman–Crippen LogP) is 1.55. The van der Waals surface area contributed by atoms with E-state index in [1.165, 1.54) is 11.3 Å². The molecule has 0 aliphatic heterocycles. The number of thiophene rings is 1. The zero-order valence-electron chi connectivity index (χ0n) is 13.6. The van der Waals surface area contributed by atoms with E-state index >= 15 is 0 Å². The lowest BCUT2D eigenvalue weighted by atomic mass is 10.3. The number of halogens is 2. The minimum Gasteiger partial charge on any atom is -0.386 e. The maximum absolute atomic E-state index is 10.9. The highest BCUT2D eigenvalue weighted by Gasteiger charge is 2.10. The molecule has 7 nitrogen and oxygen atoms in total. The summed E-state index contributed by atoms with van der Waals surface area (Å²) >= 11 is 7.17. The Morgan fingerprint density at radius 1 is 1.38 bits per heavy atom. The van der Waals surface area contributed by atoms with Gasteiger partial charge >= 0.3 is 0 Å². The first kappa shape index (κ1) is 23.9. The fourth-order valence-corrected chi connectivity index (χ4v) is 3.22. The highest BCUT2D eigenvalue weighted by Crippen LogP contribution is 2.26. The number of hydrogen-bond acceptors (Lipinski definition) is 5. The van der Waals surface area contributed by atoms with E-state index in [4.69, 9.17) is 11.6 Å². The Bertz CT molecular complexity index is 610. The first-order valence-electron chi connectivity index (χ1n) is 7.22. The molecule has 24 heavy (non-hydrogen) atoms. The third-order valence-electron chi connectivity index (χ3n) is 2.70. The highest BCUT2D eigenvalue weighted by atomic mass is 127. The molecule has 140 valence electrons. The van der Waals surface area contributed by atoms with Gasteiger partial charge in [-0.25, -0.2) is 13.1 Å². The van der Waals surface area contributed by atoms with E-state index in [0.29, 0.717) is 36.4 Å². The molecule has 0 amide bonds. The summed E-state index contributed by atoms with van der Waals surface area (Å²) in [6.07, 6.45) is 1.06. The molecular weight excluding hydrogens is 487 g/mol. The quantitative estimate of drug-likeness (QED) is 0.175. The van der Waals surface area contributed by atoms with E-state index in [-0.39, 0.29) is 30.5 Å². The van der Waals surface area contributed by atoms with Crippen LogP contribution in [0.25, 0.3) is 0 Å². The van der Waals surface area contributed by atoms with Crippen molar-refractivity contribution in [3.05, 3.63) is 21.3 Å². The normalized spacial score (nSPS) is 13.2. The van der Waals surface area contributed by atoms with E-state index in [1.54, 1.807) is 12.1 Å². The van der Waals surface area contributed by atoms with Crippen molar-refractivity contribution in [3.8, 4) is 0 Å². The summed E-state index contributed by atoms with van der Waals surface area (Å²) in [6.45, 7) is 3.77. The SMILES string of the molecule is CCNC(=NCC(O)c1ccc(Cl)s1)NCCCNS(C)(=O)=O.I. The maximum Gasteiger partial charge on any atom is 0.208 e. The van der Waals surface area contributed by atoms with Crippen LogP contribution in [0.5, 0.6) is 0 Å². The fourth-order valence-electron chi connectivity index (χ4n) is 1.67. The van der Waals surface area contributed by atoms with Crippen LogP contribution in [0.15, 0.2) is 17.1 Å².